The molecule has 5 aromatic rings. The molecule has 0 aliphatic carbocycles. The molecular weight excluding hydrogens is 470 g/mol. The van der Waals surface area contributed by atoms with Crippen molar-refractivity contribution in [1.29, 1.82) is 0 Å². The zero-order valence-corrected chi connectivity index (χ0v) is 20.1. The Morgan fingerprint density at radius 1 is 1.09 bits per heavy atom. The lowest BCUT2D eigenvalue weighted by atomic mass is 10.2. The van der Waals surface area contributed by atoms with E-state index in [1.807, 2.05) is 60.7 Å². The molecule has 8 heteroatoms. The van der Waals surface area contributed by atoms with Gasteiger partial charge >= 0.3 is 0 Å². The highest BCUT2D eigenvalue weighted by atomic mass is 35.5. The van der Waals surface area contributed by atoms with Gasteiger partial charge in [-0.15, -0.1) is 5.10 Å². The Hall–Kier alpha value is -3.42. The van der Waals surface area contributed by atoms with Crippen LogP contribution in [0, 0.1) is 0 Å². The Bertz CT molecular complexity index is 1540. The van der Waals surface area contributed by atoms with Crippen molar-refractivity contribution in [3.8, 4) is 28.5 Å². The molecule has 3 aromatic heterocycles. The largest absolute Gasteiger partial charge is 0.494 e. The number of nitrogens with zero attached hydrogens (tertiary/aromatic N) is 3. The number of hydrogen-bond acceptors (Lipinski definition) is 6. The van der Waals surface area contributed by atoms with Gasteiger partial charge in [0.05, 0.1) is 6.61 Å². The van der Waals surface area contributed by atoms with Crippen LogP contribution in [-0.4, -0.2) is 21.2 Å². The predicted molar refractivity (Wildman–Crippen MR) is 136 cm³/mol. The van der Waals surface area contributed by atoms with Crippen molar-refractivity contribution in [2.75, 3.05) is 6.61 Å². The van der Waals surface area contributed by atoms with Crippen molar-refractivity contribution in [2.24, 2.45) is 0 Å². The van der Waals surface area contributed by atoms with Crippen molar-refractivity contribution in [3.63, 3.8) is 0 Å². The molecule has 5 rings (SSSR count). The molecule has 3 heterocycles. The number of thiazole rings is 1. The van der Waals surface area contributed by atoms with E-state index in [4.69, 9.17) is 20.8 Å². The molecular formula is C26H22ClN3O3S. The zero-order valence-electron chi connectivity index (χ0n) is 18.5. The normalized spacial score (nSPS) is 12.0. The minimum Gasteiger partial charge on any atom is -0.494 e. The van der Waals surface area contributed by atoms with Crippen LogP contribution >= 0.6 is 22.9 Å². The number of benzene rings is 2. The number of unbranched alkanes of at least 4 members (excludes halogenated alkanes) is 2. The summed E-state index contributed by atoms with van der Waals surface area (Å²) < 4.78 is 13.5. The van der Waals surface area contributed by atoms with Gasteiger partial charge in [0, 0.05) is 22.2 Å². The topological polar surface area (TPSA) is 69.6 Å². The first-order valence-electron chi connectivity index (χ1n) is 11.1. The smallest absolute Gasteiger partial charge is 0.291 e. The highest BCUT2D eigenvalue weighted by molar-refractivity contribution is 7.15. The quantitative estimate of drug-likeness (QED) is 0.255. The minimum absolute atomic E-state index is 0.227. The molecule has 0 unspecified atom stereocenters. The Morgan fingerprint density at radius 2 is 1.94 bits per heavy atom. The molecule has 0 amide bonds. The van der Waals surface area contributed by atoms with E-state index < -0.39 is 0 Å². The predicted octanol–water partition coefficient (Wildman–Crippen LogP) is 5.85. The summed E-state index contributed by atoms with van der Waals surface area (Å²) >= 11 is 7.34. The lowest BCUT2D eigenvalue weighted by Crippen LogP contribution is -2.23. The number of aromatic nitrogens is 3. The Labute approximate surface area is 205 Å². The molecule has 0 bridgehead atoms. The van der Waals surface area contributed by atoms with Gasteiger partial charge in [0.1, 0.15) is 21.8 Å². The van der Waals surface area contributed by atoms with E-state index in [0.717, 1.165) is 36.1 Å². The molecule has 0 aliphatic rings. The number of fused-ring (bicyclic) bond motifs is 1. The third-order valence-corrected chi connectivity index (χ3v) is 6.51. The van der Waals surface area contributed by atoms with Crippen LogP contribution in [0.1, 0.15) is 31.9 Å². The van der Waals surface area contributed by atoms with E-state index in [1.54, 1.807) is 6.08 Å². The van der Waals surface area contributed by atoms with Gasteiger partial charge in [-0.25, -0.2) is 0 Å². The lowest BCUT2D eigenvalue weighted by Gasteiger charge is -2.05. The summed E-state index contributed by atoms with van der Waals surface area (Å²) in [6.07, 6.45) is 5.08. The SMILES string of the molecule is CCCCCOc1ccc(-c2nc3sc(=Cc4ccc(-c5cccc(Cl)c5)o4)c(=O)n3n2)cc1. The fourth-order valence-electron chi connectivity index (χ4n) is 3.55. The first kappa shape index (κ1) is 22.4. The average Bonchev–Trinajstić information content (AvgIpc) is 3.55. The van der Waals surface area contributed by atoms with E-state index >= 15 is 0 Å². The van der Waals surface area contributed by atoms with E-state index in [-0.39, 0.29) is 5.56 Å². The third-order valence-electron chi connectivity index (χ3n) is 5.32. The zero-order chi connectivity index (χ0) is 23.5. The van der Waals surface area contributed by atoms with Gasteiger partial charge in [-0.3, -0.25) is 4.79 Å². The first-order valence-corrected chi connectivity index (χ1v) is 12.3. The highest BCUT2D eigenvalue weighted by Crippen LogP contribution is 2.25. The van der Waals surface area contributed by atoms with Crippen LogP contribution in [-0.2, 0) is 0 Å². The number of ether oxygens (including phenoxy) is 1. The van der Waals surface area contributed by atoms with Crippen LogP contribution in [0.5, 0.6) is 5.75 Å². The molecule has 0 saturated heterocycles. The van der Waals surface area contributed by atoms with Crippen LogP contribution < -0.4 is 14.8 Å². The maximum atomic E-state index is 12.9. The second kappa shape index (κ2) is 9.83. The molecule has 0 atom stereocenters. The highest BCUT2D eigenvalue weighted by Gasteiger charge is 2.13. The molecule has 0 fully saturated rings. The first-order chi connectivity index (χ1) is 16.6. The second-order valence-corrected chi connectivity index (χ2v) is 9.28. The lowest BCUT2D eigenvalue weighted by molar-refractivity contribution is 0.306. The molecule has 34 heavy (non-hydrogen) atoms. The van der Waals surface area contributed by atoms with E-state index in [2.05, 4.69) is 17.0 Å². The van der Waals surface area contributed by atoms with Gasteiger partial charge in [0.15, 0.2) is 5.82 Å². The summed E-state index contributed by atoms with van der Waals surface area (Å²) in [6, 6.07) is 18.7. The second-order valence-electron chi connectivity index (χ2n) is 7.84. The molecule has 6 nitrogen and oxygen atoms in total. The van der Waals surface area contributed by atoms with Crippen LogP contribution in [0.15, 0.2) is 69.9 Å². The summed E-state index contributed by atoms with van der Waals surface area (Å²) in [5.41, 5.74) is 1.48. The number of hydrogen-bond donors (Lipinski definition) is 0. The maximum Gasteiger partial charge on any atom is 0.291 e. The number of furan rings is 1. The van der Waals surface area contributed by atoms with Gasteiger partial charge in [-0.05, 0) is 55.0 Å². The molecule has 0 radical (unpaired) electrons. The van der Waals surface area contributed by atoms with Crippen molar-refractivity contribution in [1.82, 2.24) is 14.6 Å². The fourth-order valence-corrected chi connectivity index (χ4v) is 4.63. The van der Waals surface area contributed by atoms with Crippen molar-refractivity contribution >= 4 is 34.0 Å². The summed E-state index contributed by atoms with van der Waals surface area (Å²) in [5.74, 6) is 2.58. The van der Waals surface area contributed by atoms with E-state index in [1.165, 1.54) is 15.9 Å². The van der Waals surface area contributed by atoms with Gasteiger partial charge in [-0.2, -0.15) is 9.50 Å². The Morgan fingerprint density at radius 3 is 2.71 bits per heavy atom. The molecule has 0 N–H and O–H groups in total. The van der Waals surface area contributed by atoms with Crippen LogP contribution in [0.2, 0.25) is 5.02 Å². The van der Waals surface area contributed by atoms with Crippen LogP contribution in [0.25, 0.3) is 33.7 Å². The van der Waals surface area contributed by atoms with E-state index in [9.17, 15) is 4.79 Å². The van der Waals surface area contributed by atoms with E-state index in [0.29, 0.717) is 38.5 Å². The third kappa shape index (κ3) is 4.76. The molecule has 2 aromatic carbocycles. The van der Waals surface area contributed by atoms with Crippen molar-refractivity contribution < 1.29 is 9.15 Å². The van der Waals surface area contributed by atoms with Crippen molar-refractivity contribution in [3.05, 3.63) is 86.3 Å². The Balaban J connectivity index is 1.36. The summed E-state index contributed by atoms with van der Waals surface area (Å²) in [4.78, 5) is 18.0. The maximum absolute atomic E-state index is 12.9. The Kier molecular flexibility index (Phi) is 6.47. The van der Waals surface area contributed by atoms with Crippen LogP contribution in [0.4, 0.5) is 0 Å². The monoisotopic (exact) mass is 491 g/mol. The van der Waals surface area contributed by atoms with Gasteiger partial charge in [0.2, 0.25) is 4.96 Å². The number of halogens is 1. The van der Waals surface area contributed by atoms with Gasteiger partial charge in [0.25, 0.3) is 5.56 Å². The van der Waals surface area contributed by atoms with Gasteiger partial charge in [-0.1, -0.05) is 54.8 Å². The van der Waals surface area contributed by atoms with Crippen LogP contribution in [0.3, 0.4) is 0 Å². The summed E-state index contributed by atoms with van der Waals surface area (Å²) in [7, 11) is 0. The molecule has 172 valence electrons. The van der Waals surface area contributed by atoms with Crippen molar-refractivity contribution in [2.45, 2.75) is 26.2 Å². The summed E-state index contributed by atoms with van der Waals surface area (Å²) in [6.45, 7) is 2.88. The van der Waals surface area contributed by atoms with Gasteiger partial charge < -0.3 is 9.15 Å². The molecule has 0 aliphatic heterocycles. The molecule has 0 spiro atoms. The average molecular weight is 492 g/mol. The standard InChI is InChI=1S/C26H22ClN3O3S/c1-2-3-4-14-32-20-10-8-17(9-11-20)24-28-26-30(29-24)25(31)23(34-26)16-21-12-13-22(33-21)18-6-5-7-19(27)15-18/h5-13,15-16H,2-4,14H2,1H3. The molecule has 0 saturated carbocycles. The summed E-state index contributed by atoms with van der Waals surface area (Å²) in [5, 5.41) is 5.06. The minimum atomic E-state index is -0.227. The fraction of sp³-hybridized carbons (Fsp3) is 0.192. The number of rotatable bonds is 8.